The van der Waals surface area contributed by atoms with Crippen molar-refractivity contribution in [3.63, 3.8) is 0 Å². The standard InChI is InChI=1S/C50H91NO5/c1-4-7-10-13-15-16-17-18-20-28-39-53-45-49(42-51(48-35-30-36-48)38-41-54-43-46-31-25-21-26-32-46)55-40-29-22-27-37-50(52)56-44-47(33-23-12-9-6-3)34-24-19-14-11-8-5-2/h21,25-26,31-32,47-49H,4-20,22-24,27-30,33-45H2,1-3H3. The molecule has 2 atom stereocenters. The first-order chi connectivity index (χ1) is 27.7. The second kappa shape index (κ2) is 37.8. The SMILES string of the molecule is CCCCCCCCCCCCOCC(CN(CCOCc1ccccc1)C1CCC1)OCCCCCC(=O)OCC(CCCCCC)CCCCCCCC. The zero-order chi connectivity index (χ0) is 40.0. The fourth-order valence-electron chi connectivity index (χ4n) is 7.91. The molecule has 0 heterocycles. The highest BCUT2D eigenvalue weighted by Gasteiger charge is 2.27. The molecule has 2 unspecified atom stereocenters. The van der Waals surface area contributed by atoms with Gasteiger partial charge in [0.2, 0.25) is 0 Å². The van der Waals surface area contributed by atoms with Gasteiger partial charge in [0.1, 0.15) is 0 Å². The molecule has 1 aromatic carbocycles. The minimum atomic E-state index is -0.0173. The van der Waals surface area contributed by atoms with Crippen LogP contribution in [0, 0.1) is 5.92 Å². The first kappa shape index (κ1) is 50.7. The van der Waals surface area contributed by atoms with Crippen molar-refractivity contribution in [3.05, 3.63) is 35.9 Å². The first-order valence-electron chi connectivity index (χ1n) is 24.4. The Hall–Kier alpha value is -1.47. The van der Waals surface area contributed by atoms with Crippen LogP contribution in [0.15, 0.2) is 30.3 Å². The van der Waals surface area contributed by atoms with Crippen molar-refractivity contribution in [1.29, 1.82) is 0 Å². The molecule has 0 aliphatic heterocycles. The van der Waals surface area contributed by atoms with E-state index in [4.69, 9.17) is 18.9 Å². The van der Waals surface area contributed by atoms with E-state index in [1.807, 2.05) is 0 Å². The van der Waals surface area contributed by atoms with E-state index in [0.29, 0.717) is 44.8 Å². The van der Waals surface area contributed by atoms with Crippen LogP contribution >= 0.6 is 0 Å². The molecule has 1 saturated carbocycles. The fourth-order valence-corrected chi connectivity index (χ4v) is 7.91. The lowest BCUT2D eigenvalue weighted by Crippen LogP contribution is -2.47. The van der Waals surface area contributed by atoms with Crippen molar-refractivity contribution in [2.24, 2.45) is 5.92 Å². The Labute approximate surface area is 347 Å². The predicted octanol–water partition coefficient (Wildman–Crippen LogP) is 13.8. The molecule has 0 radical (unpaired) electrons. The molecule has 6 nitrogen and oxygen atoms in total. The van der Waals surface area contributed by atoms with Gasteiger partial charge in [0.15, 0.2) is 0 Å². The summed E-state index contributed by atoms with van der Waals surface area (Å²) in [5, 5.41) is 0. The highest BCUT2D eigenvalue weighted by Crippen LogP contribution is 2.25. The maximum atomic E-state index is 12.7. The van der Waals surface area contributed by atoms with Gasteiger partial charge in [-0.25, -0.2) is 0 Å². The summed E-state index contributed by atoms with van der Waals surface area (Å²) in [6, 6.07) is 11.1. The molecule has 326 valence electrons. The molecule has 56 heavy (non-hydrogen) atoms. The molecule has 1 aliphatic carbocycles. The molecule has 2 rings (SSSR count). The summed E-state index contributed by atoms with van der Waals surface area (Å²) in [5.41, 5.74) is 1.23. The average molecular weight is 786 g/mol. The highest BCUT2D eigenvalue weighted by molar-refractivity contribution is 5.69. The topological polar surface area (TPSA) is 57.2 Å². The monoisotopic (exact) mass is 786 g/mol. The van der Waals surface area contributed by atoms with Gasteiger partial charge in [0.05, 0.1) is 32.5 Å². The van der Waals surface area contributed by atoms with Crippen LogP contribution in [0.5, 0.6) is 0 Å². The van der Waals surface area contributed by atoms with Crippen LogP contribution < -0.4 is 0 Å². The smallest absolute Gasteiger partial charge is 0.305 e. The van der Waals surface area contributed by atoms with Crippen LogP contribution in [0.1, 0.15) is 213 Å². The Morgan fingerprint density at radius 2 is 1.18 bits per heavy atom. The Balaban J connectivity index is 1.72. The summed E-state index contributed by atoms with van der Waals surface area (Å²) in [6.07, 6.45) is 36.1. The van der Waals surface area contributed by atoms with Gasteiger partial charge in [-0.2, -0.15) is 0 Å². The van der Waals surface area contributed by atoms with E-state index in [1.165, 1.54) is 160 Å². The number of carbonyl (C=O) groups excluding carboxylic acids is 1. The fraction of sp³-hybridized carbons (Fsp3) is 0.860. The molecular weight excluding hydrogens is 695 g/mol. The van der Waals surface area contributed by atoms with Crippen LogP contribution in [0.4, 0.5) is 0 Å². The van der Waals surface area contributed by atoms with Crippen LogP contribution in [-0.4, -0.2) is 69.1 Å². The Morgan fingerprint density at radius 1 is 0.625 bits per heavy atom. The number of ether oxygens (including phenoxy) is 4. The molecular formula is C50H91NO5. The molecule has 0 saturated heterocycles. The predicted molar refractivity (Wildman–Crippen MR) is 237 cm³/mol. The van der Waals surface area contributed by atoms with Gasteiger partial charge in [0.25, 0.3) is 0 Å². The van der Waals surface area contributed by atoms with E-state index < -0.39 is 0 Å². The van der Waals surface area contributed by atoms with Crippen molar-refractivity contribution in [3.8, 4) is 0 Å². The quantitative estimate of drug-likeness (QED) is 0.0486. The second-order valence-electron chi connectivity index (χ2n) is 17.1. The first-order valence-corrected chi connectivity index (χ1v) is 24.4. The van der Waals surface area contributed by atoms with Gasteiger partial charge in [0, 0.05) is 38.8 Å². The van der Waals surface area contributed by atoms with Crippen molar-refractivity contribution < 1.29 is 23.7 Å². The number of hydrogen-bond donors (Lipinski definition) is 0. The van der Waals surface area contributed by atoms with Gasteiger partial charge in [-0.05, 0) is 56.4 Å². The third kappa shape index (κ3) is 28.9. The summed E-state index contributed by atoms with van der Waals surface area (Å²) in [7, 11) is 0. The van der Waals surface area contributed by atoms with E-state index in [2.05, 4.69) is 56.0 Å². The molecule has 0 N–H and O–H groups in total. The van der Waals surface area contributed by atoms with Gasteiger partial charge in [-0.15, -0.1) is 0 Å². The number of nitrogens with zero attached hydrogens (tertiary/aromatic N) is 1. The molecule has 0 aromatic heterocycles. The molecule has 6 heteroatoms. The van der Waals surface area contributed by atoms with Gasteiger partial charge in [-0.1, -0.05) is 186 Å². The molecule has 1 fully saturated rings. The number of hydrogen-bond acceptors (Lipinski definition) is 6. The van der Waals surface area contributed by atoms with Crippen molar-refractivity contribution in [1.82, 2.24) is 4.90 Å². The normalized spacial score (nSPS) is 14.3. The third-order valence-corrected chi connectivity index (χ3v) is 11.9. The Bertz CT molecular complexity index is 971. The average Bonchev–Trinajstić information content (AvgIpc) is 3.19. The van der Waals surface area contributed by atoms with E-state index in [0.717, 1.165) is 52.0 Å². The zero-order valence-corrected chi connectivity index (χ0v) is 37.3. The van der Waals surface area contributed by atoms with E-state index in [-0.39, 0.29) is 12.1 Å². The zero-order valence-electron chi connectivity index (χ0n) is 37.3. The van der Waals surface area contributed by atoms with Crippen LogP contribution in [0.3, 0.4) is 0 Å². The van der Waals surface area contributed by atoms with Crippen molar-refractivity contribution in [2.45, 2.75) is 226 Å². The number of benzene rings is 1. The Morgan fingerprint density at radius 3 is 1.79 bits per heavy atom. The lowest BCUT2D eigenvalue weighted by Gasteiger charge is -2.39. The summed E-state index contributed by atoms with van der Waals surface area (Å²) in [4.78, 5) is 15.3. The highest BCUT2D eigenvalue weighted by atomic mass is 16.5. The number of rotatable bonds is 42. The second-order valence-corrected chi connectivity index (χ2v) is 17.1. The summed E-state index contributed by atoms with van der Waals surface area (Å²) < 4.78 is 24.8. The minimum absolute atomic E-state index is 0.0173. The van der Waals surface area contributed by atoms with Crippen LogP contribution in [0.2, 0.25) is 0 Å². The largest absolute Gasteiger partial charge is 0.465 e. The third-order valence-electron chi connectivity index (χ3n) is 11.9. The van der Waals surface area contributed by atoms with E-state index >= 15 is 0 Å². The number of esters is 1. The number of carbonyl (C=O) groups is 1. The van der Waals surface area contributed by atoms with Crippen molar-refractivity contribution in [2.75, 3.05) is 46.1 Å². The molecule has 0 bridgehead atoms. The van der Waals surface area contributed by atoms with Gasteiger partial charge < -0.3 is 18.9 Å². The van der Waals surface area contributed by atoms with Gasteiger partial charge >= 0.3 is 5.97 Å². The van der Waals surface area contributed by atoms with Crippen LogP contribution in [-0.2, 0) is 30.3 Å². The summed E-state index contributed by atoms with van der Waals surface area (Å²) >= 11 is 0. The lowest BCUT2D eigenvalue weighted by atomic mass is 9.91. The maximum absolute atomic E-state index is 12.7. The van der Waals surface area contributed by atoms with Crippen LogP contribution in [0.25, 0.3) is 0 Å². The lowest BCUT2D eigenvalue weighted by molar-refractivity contribution is -0.145. The minimum Gasteiger partial charge on any atom is -0.465 e. The molecule has 1 aromatic rings. The molecule has 0 amide bonds. The van der Waals surface area contributed by atoms with Crippen molar-refractivity contribution >= 4 is 5.97 Å². The van der Waals surface area contributed by atoms with E-state index in [9.17, 15) is 4.79 Å². The molecule has 1 aliphatic rings. The van der Waals surface area contributed by atoms with Gasteiger partial charge in [-0.3, -0.25) is 9.69 Å². The Kier molecular flexibility index (Phi) is 34.2. The molecule has 0 spiro atoms. The number of unbranched alkanes of at least 4 members (excludes halogenated alkanes) is 19. The summed E-state index contributed by atoms with van der Waals surface area (Å²) in [6.45, 7) is 12.8. The maximum Gasteiger partial charge on any atom is 0.305 e. The summed E-state index contributed by atoms with van der Waals surface area (Å²) in [5.74, 6) is 0.505. The van der Waals surface area contributed by atoms with E-state index in [1.54, 1.807) is 0 Å².